The molecule has 2 atom stereocenters. The predicted octanol–water partition coefficient (Wildman–Crippen LogP) is 2.89. The molecule has 1 N–H and O–H groups in total. The van der Waals surface area contributed by atoms with E-state index in [9.17, 15) is 4.79 Å². The number of hydrogen-bond donors (Lipinski definition) is 2. The van der Waals surface area contributed by atoms with Crippen LogP contribution in [0.1, 0.15) is 23.7 Å². The van der Waals surface area contributed by atoms with Crippen LogP contribution in [-0.4, -0.2) is 25.2 Å². The lowest BCUT2D eigenvalue weighted by Gasteiger charge is -2.15. The smallest absolute Gasteiger partial charge is 0.252 e. The Morgan fingerprint density at radius 1 is 1.61 bits per heavy atom. The van der Waals surface area contributed by atoms with Crippen molar-refractivity contribution < 1.29 is 9.53 Å². The van der Waals surface area contributed by atoms with Gasteiger partial charge in [0, 0.05) is 28.4 Å². The normalized spacial score (nSPS) is 23.1. The Morgan fingerprint density at radius 2 is 2.39 bits per heavy atom. The van der Waals surface area contributed by atoms with E-state index in [1.807, 2.05) is 19.1 Å². The van der Waals surface area contributed by atoms with E-state index in [-0.39, 0.29) is 12.0 Å². The second kappa shape index (κ2) is 6.08. The molecule has 1 amide bonds. The lowest BCUT2D eigenvalue weighted by molar-refractivity contribution is 0.0905. The summed E-state index contributed by atoms with van der Waals surface area (Å²) in [5, 5.41) is 2.95. The Morgan fingerprint density at radius 3 is 3.00 bits per heavy atom. The zero-order chi connectivity index (χ0) is 13.1. The maximum Gasteiger partial charge on any atom is 0.252 e. The van der Waals surface area contributed by atoms with E-state index in [2.05, 4.69) is 33.9 Å². The van der Waals surface area contributed by atoms with Gasteiger partial charge >= 0.3 is 0 Å². The fourth-order valence-electron chi connectivity index (χ4n) is 2.06. The quantitative estimate of drug-likeness (QED) is 0.837. The highest BCUT2D eigenvalue weighted by Crippen LogP contribution is 2.21. The van der Waals surface area contributed by atoms with Crippen molar-refractivity contribution in [2.24, 2.45) is 5.92 Å². The molecule has 0 spiro atoms. The van der Waals surface area contributed by atoms with Gasteiger partial charge < -0.3 is 10.1 Å². The summed E-state index contributed by atoms with van der Waals surface area (Å²) in [4.78, 5) is 12.7. The highest BCUT2D eigenvalue weighted by molar-refractivity contribution is 9.10. The van der Waals surface area contributed by atoms with Gasteiger partial charge in [-0.25, -0.2) is 0 Å². The minimum absolute atomic E-state index is 0.0772. The van der Waals surface area contributed by atoms with Crippen LogP contribution in [0, 0.1) is 5.92 Å². The average Bonchev–Trinajstić information content (AvgIpc) is 2.72. The molecule has 2 unspecified atom stereocenters. The van der Waals surface area contributed by atoms with E-state index in [1.165, 1.54) is 0 Å². The molecular formula is C13H16BrNO2S. The van der Waals surface area contributed by atoms with Crippen LogP contribution in [0.25, 0.3) is 0 Å². The number of amides is 1. The van der Waals surface area contributed by atoms with Gasteiger partial charge in [-0.1, -0.05) is 15.9 Å². The molecule has 2 rings (SSSR count). The molecular weight excluding hydrogens is 314 g/mol. The lowest BCUT2D eigenvalue weighted by Crippen LogP contribution is -2.32. The molecule has 3 nitrogen and oxygen atoms in total. The number of hydrogen-bond acceptors (Lipinski definition) is 3. The minimum atomic E-state index is -0.0772. The largest absolute Gasteiger partial charge is 0.378 e. The topological polar surface area (TPSA) is 38.3 Å². The fraction of sp³-hybridized carbons (Fsp3) is 0.462. The van der Waals surface area contributed by atoms with Crippen molar-refractivity contribution in [1.82, 2.24) is 5.32 Å². The molecule has 1 aromatic rings. The summed E-state index contributed by atoms with van der Waals surface area (Å²) in [6.45, 7) is 3.49. The first kappa shape index (κ1) is 13.9. The van der Waals surface area contributed by atoms with Crippen LogP contribution in [0.4, 0.5) is 0 Å². The number of carbonyl (C=O) groups excluding carboxylic acids is 1. The van der Waals surface area contributed by atoms with E-state index in [1.54, 1.807) is 6.07 Å². The molecule has 1 aliphatic heterocycles. The van der Waals surface area contributed by atoms with Crippen LogP contribution in [0.15, 0.2) is 27.6 Å². The molecule has 1 aromatic carbocycles. The highest BCUT2D eigenvalue weighted by Gasteiger charge is 2.24. The SMILES string of the molecule is CC1OCCC1CNC(=O)c1ccc(Br)cc1S. The third-order valence-corrected chi connectivity index (χ3v) is 4.13. The average molecular weight is 330 g/mol. The van der Waals surface area contributed by atoms with E-state index in [4.69, 9.17) is 4.74 Å². The highest BCUT2D eigenvalue weighted by atomic mass is 79.9. The van der Waals surface area contributed by atoms with E-state index >= 15 is 0 Å². The zero-order valence-electron chi connectivity index (χ0n) is 10.1. The second-order valence-electron chi connectivity index (χ2n) is 4.50. The number of carbonyl (C=O) groups is 1. The monoisotopic (exact) mass is 329 g/mol. The van der Waals surface area contributed by atoms with Crippen molar-refractivity contribution in [2.45, 2.75) is 24.3 Å². The fourth-order valence-corrected chi connectivity index (χ4v) is 2.91. The van der Waals surface area contributed by atoms with Gasteiger partial charge in [0.1, 0.15) is 0 Å². The Balaban J connectivity index is 1.95. The number of halogens is 1. The first-order chi connectivity index (χ1) is 8.58. The molecule has 0 saturated carbocycles. The predicted molar refractivity (Wildman–Crippen MR) is 77.2 cm³/mol. The molecule has 1 saturated heterocycles. The van der Waals surface area contributed by atoms with Crippen molar-refractivity contribution in [1.29, 1.82) is 0 Å². The summed E-state index contributed by atoms with van der Waals surface area (Å²) < 4.78 is 6.39. The Hall–Kier alpha value is -0.520. The van der Waals surface area contributed by atoms with Crippen molar-refractivity contribution in [2.75, 3.05) is 13.2 Å². The van der Waals surface area contributed by atoms with Gasteiger partial charge in [-0.2, -0.15) is 0 Å². The van der Waals surface area contributed by atoms with Crippen molar-refractivity contribution in [3.05, 3.63) is 28.2 Å². The van der Waals surface area contributed by atoms with E-state index < -0.39 is 0 Å². The van der Waals surface area contributed by atoms with Gasteiger partial charge in [-0.15, -0.1) is 12.6 Å². The van der Waals surface area contributed by atoms with Gasteiger partial charge in [-0.3, -0.25) is 4.79 Å². The minimum Gasteiger partial charge on any atom is -0.378 e. The van der Waals surface area contributed by atoms with Crippen LogP contribution in [0.5, 0.6) is 0 Å². The molecule has 1 heterocycles. The first-order valence-corrected chi connectivity index (χ1v) is 7.20. The maximum atomic E-state index is 12.0. The first-order valence-electron chi connectivity index (χ1n) is 5.96. The van der Waals surface area contributed by atoms with Gasteiger partial charge in [0.25, 0.3) is 5.91 Å². The Labute approximate surface area is 121 Å². The van der Waals surface area contributed by atoms with Gasteiger partial charge in [0.05, 0.1) is 11.7 Å². The lowest BCUT2D eigenvalue weighted by atomic mass is 10.0. The number of benzene rings is 1. The molecule has 0 aromatic heterocycles. The standard InChI is InChI=1S/C13H16BrNO2S/c1-8-9(4-5-17-8)7-15-13(16)11-3-2-10(14)6-12(11)18/h2-3,6,8-9,18H,4-5,7H2,1H3,(H,15,16). The number of rotatable bonds is 3. The summed E-state index contributed by atoms with van der Waals surface area (Å²) in [6.07, 6.45) is 1.24. The summed E-state index contributed by atoms with van der Waals surface area (Å²) in [6, 6.07) is 5.44. The van der Waals surface area contributed by atoms with Crippen LogP contribution in [0.3, 0.4) is 0 Å². The van der Waals surface area contributed by atoms with Crippen LogP contribution in [0.2, 0.25) is 0 Å². The van der Waals surface area contributed by atoms with Crippen LogP contribution < -0.4 is 5.32 Å². The second-order valence-corrected chi connectivity index (χ2v) is 5.89. The van der Waals surface area contributed by atoms with Crippen molar-refractivity contribution >= 4 is 34.5 Å². The summed E-state index contributed by atoms with van der Waals surface area (Å²) in [5.41, 5.74) is 0.605. The molecule has 0 aliphatic carbocycles. The molecule has 5 heteroatoms. The van der Waals surface area contributed by atoms with Crippen molar-refractivity contribution in [3.8, 4) is 0 Å². The van der Waals surface area contributed by atoms with Crippen molar-refractivity contribution in [3.63, 3.8) is 0 Å². The van der Waals surface area contributed by atoms with Crippen LogP contribution in [-0.2, 0) is 4.74 Å². The van der Waals surface area contributed by atoms with E-state index in [0.29, 0.717) is 22.9 Å². The molecule has 0 radical (unpaired) electrons. The number of thiol groups is 1. The van der Waals surface area contributed by atoms with E-state index in [0.717, 1.165) is 17.5 Å². The summed E-state index contributed by atoms with van der Waals surface area (Å²) in [5.74, 6) is 0.333. The third kappa shape index (κ3) is 3.28. The third-order valence-electron chi connectivity index (χ3n) is 3.26. The maximum absolute atomic E-state index is 12.0. The molecule has 0 bridgehead atoms. The van der Waals surface area contributed by atoms with Gasteiger partial charge in [0.2, 0.25) is 0 Å². The van der Waals surface area contributed by atoms with Gasteiger partial charge in [-0.05, 0) is 31.5 Å². The van der Waals surface area contributed by atoms with Crippen LogP contribution >= 0.6 is 28.6 Å². The Bertz CT molecular complexity index is 453. The zero-order valence-corrected chi connectivity index (χ0v) is 12.6. The summed E-state index contributed by atoms with van der Waals surface area (Å²) >= 11 is 7.66. The number of nitrogens with one attached hydrogen (secondary N) is 1. The molecule has 98 valence electrons. The molecule has 1 aliphatic rings. The summed E-state index contributed by atoms with van der Waals surface area (Å²) in [7, 11) is 0. The molecule has 1 fully saturated rings. The number of ether oxygens (including phenoxy) is 1. The van der Waals surface area contributed by atoms with Gasteiger partial charge in [0.15, 0.2) is 0 Å². The molecule has 18 heavy (non-hydrogen) atoms. The Kier molecular flexibility index (Phi) is 4.70.